The van der Waals surface area contributed by atoms with Crippen LogP contribution in [0.25, 0.3) is 0 Å². The van der Waals surface area contributed by atoms with E-state index >= 15 is 0 Å². The Labute approximate surface area is 129 Å². The SMILES string of the molecule is CCN(CC)C(=O)C(C)Oc1cc(C(C)C)sc1C(=O)O. The van der Waals surface area contributed by atoms with E-state index < -0.39 is 12.1 Å². The van der Waals surface area contributed by atoms with Gasteiger partial charge in [-0.1, -0.05) is 13.8 Å². The molecule has 0 aliphatic carbocycles. The van der Waals surface area contributed by atoms with E-state index in [1.807, 2.05) is 27.7 Å². The van der Waals surface area contributed by atoms with Crippen LogP contribution < -0.4 is 4.74 Å². The molecule has 0 saturated carbocycles. The summed E-state index contributed by atoms with van der Waals surface area (Å²) < 4.78 is 5.62. The molecule has 0 fully saturated rings. The van der Waals surface area contributed by atoms with Crippen LogP contribution in [0.15, 0.2) is 6.07 Å². The third-order valence-corrected chi connectivity index (χ3v) is 4.61. The first-order chi connectivity index (χ1) is 9.81. The number of thiophene rings is 1. The standard InChI is InChI=1S/C15H23NO4S/c1-6-16(7-2)14(17)10(5)20-11-8-12(9(3)4)21-13(11)15(18)19/h8-10H,6-7H2,1-5H3,(H,18,19). The van der Waals surface area contributed by atoms with Crippen molar-refractivity contribution in [3.05, 3.63) is 15.8 Å². The van der Waals surface area contributed by atoms with Crippen LogP contribution in [0.1, 0.15) is 55.1 Å². The van der Waals surface area contributed by atoms with Crippen molar-refractivity contribution >= 4 is 23.2 Å². The zero-order valence-electron chi connectivity index (χ0n) is 13.2. The van der Waals surface area contributed by atoms with Gasteiger partial charge in [-0.25, -0.2) is 4.79 Å². The molecule has 1 amide bonds. The topological polar surface area (TPSA) is 66.8 Å². The van der Waals surface area contributed by atoms with E-state index in [9.17, 15) is 14.7 Å². The van der Waals surface area contributed by atoms with Gasteiger partial charge in [0.25, 0.3) is 5.91 Å². The molecule has 1 N–H and O–H groups in total. The highest BCUT2D eigenvalue weighted by Gasteiger charge is 2.24. The van der Waals surface area contributed by atoms with E-state index in [0.29, 0.717) is 13.1 Å². The lowest BCUT2D eigenvalue weighted by Crippen LogP contribution is -2.40. The second-order valence-corrected chi connectivity index (χ2v) is 6.16. The number of hydrogen-bond donors (Lipinski definition) is 1. The summed E-state index contributed by atoms with van der Waals surface area (Å²) in [5.74, 6) is -0.651. The number of rotatable bonds is 7. The minimum Gasteiger partial charge on any atom is -0.479 e. The fourth-order valence-electron chi connectivity index (χ4n) is 1.95. The lowest BCUT2D eigenvalue weighted by atomic mass is 10.2. The Morgan fingerprint density at radius 2 is 1.86 bits per heavy atom. The van der Waals surface area contributed by atoms with Crippen molar-refractivity contribution in [1.82, 2.24) is 4.90 Å². The Kier molecular flexibility index (Phi) is 6.20. The summed E-state index contributed by atoms with van der Waals surface area (Å²) in [6, 6.07) is 1.73. The number of ether oxygens (including phenoxy) is 1. The number of nitrogens with zero attached hydrogens (tertiary/aromatic N) is 1. The van der Waals surface area contributed by atoms with E-state index in [2.05, 4.69) is 0 Å². The van der Waals surface area contributed by atoms with Gasteiger partial charge in [0.05, 0.1) is 0 Å². The molecule has 0 radical (unpaired) electrons. The van der Waals surface area contributed by atoms with Crippen molar-refractivity contribution in [2.24, 2.45) is 0 Å². The lowest BCUT2D eigenvalue weighted by Gasteiger charge is -2.23. The van der Waals surface area contributed by atoms with E-state index in [1.165, 1.54) is 11.3 Å². The average molecular weight is 313 g/mol. The van der Waals surface area contributed by atoms with Gasteiger partial charge < -0.3 is 14.7 Å². The second kappa shape index (κ2) is 7.45. The summed E-state index contributed by atoms with van der Waals surface area (Å²) in [4.78, 5) is 26.2. The summed E-state index contributed by atoms with van der Waals surface area (Å²) in [6.45, 7) is 10.7. The van der Waals surface area contributed by atoms with Gasteiger partial charge in [0, 0.05) is 18.0 Å². The van der Waals surface area contributed by atoms with Crippen LogP contribution in [0.3, 0.4) is 0 Å². The molecule has 1 heterocycles. The predicted molar refractivity (Wildman–Crippen MR) is 83.4 cm³/mol. The fourth-order valence-corrected chi connectivity index (χ4v) is 2.88. The van der Waals surface area contributed by atoms with Crippen molar-refractivity contribution in [2.75, 3.05) is 13.1 Å². The molecule has 0 aliphatic heterocycles. The lowest BCUT2D eigenvalue weighted by molar-refractivity contribution is -0.137. The minimum absolute atomic E-state index is 0.131. The molecule has 1 unspecified atom stereocenters. The molecule has 0 spiro atoms. The number of aromatic carboxylic acids is 1. The van der Waals surface area contributed by atoms with Crippen LogP contribution in [0.5, 0.6) is 5.75 Å². The fraction of sp³-hybridized carbons (Fsp3) is 0.600. The Bertz CT molecular complexity index is 506. The van der Waals surface area contributed by atoms with Gasteiger partial charge in [0.1, 0.15) is 5.75 Å². The Morgan fingerprint density at radius 1 is 1.29 bits per heavy atom. The zero-order chi connectivity index (χ0) is 16.2. The first-order valence-electron chi connectivity index (χ1n) is 7.14. The maximum atomic E-state index is 12.2. The molecular weight excluding hydrogens is 290 g/mol. The Hall–Kier alpha value is -1.56. The van der Waals surface area contributed by atoms with Crippen molar-refractivity contribution in [3.8, 4) is 5.75 Å². The summed E-state index contributed by atoms with van der Waals surface area (Å²) in [7, 11) is 0. The molecule has 1 atom stereocenters. The monoisotopic (exact) mass is 313 g/mol. The van der Waals surface area contributed by atoms with Gasteiger partial charge in [-0.3, -0.25) is 4.79 Å². The summed E-state index contributed by atoms with van der Waals surface area (Å²) >= 11 is 1.20. The number of carboxylic acid groups (broad SMARTS) is 1. The summed E-state index contributed by atoms with van der Waals surface area (Å²) in [6.07, 6.45) is -0.697. The summed E-state index contributed by atoms with van der Waals surface area (Å²) in [5, 5.41) is 9.25. The van der Waals surface area contributed by atoms with Gasteiger partial charge in [-0.05, 0) is 32.8 Å². The molecule has 0 saturated heterocycles. The quantitative estimate of drug-likeness (QED) is 0.839. The normalized spacial score (nSPS) is 12.3. The first-order valence-corrected chi connectivity index (χ1v) is 7.95. The molecule has 5 nitrogen and oxygen atoms in total. The van der Waals surface area contributed by atoms with Gasteiger partial charge in [-0.15, -0.1) is 11.3 Å². The third-order valence-electron chi connectivity index (χ3n) is 3.21. The van der Waals surface area contributed by atoms with Gasteiger partial charge in [0.15, 0.2) is 11.0 Å². The van der Waals surface area contributed by atoms with Gasteiger partial charge >= 0.3 is 5.97 Å². The molecule has 118 valence electrons. The maximum Gasteiger partial charge on any atom is 0.349 e. The molecule has 0 bridgehead atoms. The van der Waals surface area contributed by atoms with E-state index in [-0.39, 0.29) is 22.5 Å². The largest absolute Gasteiger partial charge is 0.479 e. The molecule has 1 rings (SSSR count). The maximum absolute atomic E-state index is 12.2. The first kappa shape index (κ1) is 17.5. The van der Waals surface area contributed by atoms with Crippen molar-refractivity contribution in [2.45, 2.75) is 46.6 Å². The number of carbonyl (C=O) groups is 2. The minimum atomic E-state index is -1.02. The Morgan fingerprint density at radius 3 is 2.29 bits per heavy atom. The highest BCUT2D eigenvalue weighted by molar-refractivity contribution is 7.14. The van der Waals surface area contributed by atoms with Crippen LogP contribution >= 0.6 is 11.3 Å². The number of hydrogen-bond acceptors (Lipinski definition) is 4. The average Bonchev–Trinajstić information content (AvgIpc) is 2.84. The van der Waals surface area contributed by atoms with Gasteiger partial charge in [-0.2, -0.15) is 0 Å². The van der Waals surface area contributed by atoms with Crippen molar-refractivity contribution in [1.29, 1.82) is 0 Å². The molecule has 1 aromatic heterocycles. The highest BCUT2D eigenvalue weighted by Crippen LogP contribution is 2.34. The van der Waals surface area contributed by atoms with Crippen LogP contribution in [-0.2, 0) is 4.79 Å². The molecule has 6 heteroatoms. The van der Waals surface area contributed by atoms with Crippen LogP contribution in [0.2, 0.25) is 0 Å². The summed E-state index contributed by atoms with van der Waals surface area (Å²) in [5.41, 5.74) is 0. The van der Waals surface area contributed by atoms with Gasteiger partial charge in [0.2, 0.25) is 0 Å². The molecule has 0 aromatic carbocycles. The smallest absolute Gasteiger partial charge is 0.349 e. The Balaban J connectivity index is 2.96. The van der Waals surface area contributed by atoms with E-state index in [4.69, 9.17) is 4.74 Å². The van der Waals surface area contributed by atoms with Crippen LogP contribution in [0, 0.1) is 0 Å². The molecule has 21 heavy (non-hydrogen) atoms. The number of amides is 1. The number of likely N-dealkylation sites (N-methyl/N-ethyl adjacent to an activating group) is 1. The third kappa shape index (κ3) is 4.20. The van der Waals surface area contributed by atoms with Crippen LogP contribution in [0.4, 0.5) is 0 Å². The molecule has 0 aliphatic rings. The number of carbonyl (C=O) groups excluding carboxylic acids is 1. The van der Waals surface area contributed by atoms with E-state index in [0.717, 1.165) is 4.88 Å². The van der Waals surface area contributed by atoms with Crippen molar-refractivity contribution < 1.29 is 19.4 Å². The molecule has 1 aromatic rings. The van der Waals surface area contributed by atoms with E-state index in [1.54, 1.807) is 17.9 Å². The highest BCUT2D eigenvalue weighted by atomic mass is 32.1. The second-order valence-electron chi connectivity index (χ2n) is 5.07. The predicted octanol–water partition coefficient (Wildman–Crippen LogP) is 3.21. The number of carboxylic acids is 1. The molecular formula is C15H23NO4S. The van der Waals surface area contributed by atoms with Crippen molar-refractivity contribution in [3.63, 3.8) is 0 Å². The van der Waals surface area contributed by atoms with Crippen LogP contribution in [-0.4, -0.2) is 41.1 Å². The zero-order valence-corrected chi connectivity index (χ0v) is 14.0.